The first-order valence-electron chi connectivity index (χ1n) is 3.35. The highest BCUT2D eigenvalue weighted by Crippen LogP contribution is 2.28. The van der Waals surface area contributed by atoms with Crippen LogP contribution < -0.4 is 4.74 Å². The lowest BCUT2D eigenvalue weighted by Crippen LogP contribution is -2.19. The summed E-state index contributed by atoms with van der Waals surface area (Å²) in [7, 11) is 0. The Kier molecular flexibility index (Phi) is 3.99. The quantitative estimate of drug-likeness (QED) is 0.632. The molecule has 15 heavy (non-hydrogen) atoms. The van der Waals surface area contributed by atoms with E-state index in [1.165, 1.54) is 6.20 Å². The van der Waals surface area contributed by atoms with Crippen molar-refractivity contribution in [2.75, 3.05) is 0 Å². The maximum absolute atomic E-state index is 11.9. The van der Waals surface area contributed by atoms with Gasteiger partial charge in [-0.2, -0.15) is 5.26 Å². The number of rotatable bonds is 1. The Morgan fingerprint density at radius 1 is 1.40 bits per heavy atom. The summed E-state index contributed by atoms with van der Waals surface area (Å²) in [6.45, 7) is 0. The molecule has 1 aromatic rings. The van der Waals surface area contributed by atoms with Gasteiger partial charge < -0.3 is 4.74 Å². The van der Waals surface area contributed by atoms with Gasteiger partial charge in [0.25, 0.3) is 0 Å². The first-order chi connectivity index (χ1) is 6.85. The summed E-state index contributed by atoms with van der Waals surface area (Å²) >= 11 is 3.63. The molecule has 0 unspecified atom stereocenters. The second-order valence-electron chi connectivity index (χ2n) is 2.26. The molecule has 1 rings (SSSR count). The Morgan fingerprint density at radius 3 is 2.47 bits per heavy atom. The summed E-state index contributed by atoms with van der Waals surface area (Å²) in [4.78, 5) is 3.42. The van der Waals surface area contributed by atoms with Crippen LogP contribution in [-0.2, 0) is 0 Å². The molecular formula is C7HF3I2N2O. The molecule has 0 atom stereocenters. The van der Waals surface area contributed by atoms with Gasteiger partial charge in [0.1, 0.15) is 11.6 Å². The Morgan fingerprint density at radius 2 is 2.00 bits per heavy atom. The second kappa shape index (κ2) is 4.69. The topological polar surface area (TPSA) is 45.9 Å². The summed E-state index contributed by atoms with van der Waals surface area (Å²) in [5, 5.41) is 8.68. The van der Waals surface area contributed by atoms with Crippen LogP contribution in [0.4, 0.5) is 13.2 Å². The Labute approximate surface area is 110 Å². The fraction of sp³-hybridized carbons (Fsp3) is 0.143. The standard InChI is InChI=1S/C7HF3I2N2O/c8-7(9,10)15-6-3(1-13)5(12)4(11)2-14-6/h2H. The van der Waals surface area contributed by atoms with Crippen molar-refractivity contribution >= 4 is 45.2 Å². The molecule has 3 nitrogen and oxygen atoms in total. The van der Waals surface area contributed by atoms with Crippen LogP contribution in [0.3, 0.4) is 0 Å². The third kappa shape index (κ3) is 3.33. The molecule has 0 aromatic carbocycles. The number of hydrogen-bond donors (Lipinski definition) is 0. The predicted octanol–water partition coefficient (Wildman–Crippen LogP) is 3.06. The van der Waals surface area contributed by atoms with Crippen molar-refractivity contribution in [2.45, 2.75) is 6.36 Å². The van der Waals surface area contributed by atoms with E-state index in [1.807, 2.05) is 22.6 Å². The fourth-order valence-electron chi connectivity index (χ4n) is 0.734. The van der Waals surface area contributed by atoms with Gasteiger partial charge >= 0.3 is 6.36 Å². The van der Waals surface area contributed by atoms with Crippen molar-refractivity contribution in [1.29, 1.82) is 5.26 Å². The van der Waals surface area contributed by atoms with Gasteiger partial charge in [-0.1, -0.05) is 0 Å². The SMILES string of the molecule is N#Cc1c(OC(F)(F)F)ncc(I)c1I. The summed E-state index contributed by atoms with van der Waals surface area (Å²) < 4.78 is 40.3. The summed E-state index contributed by atoms with van der Waals surface area (Å²) in [6, 6.07) is 1.63. The normalized spacial score (nSPS) is 10.9. The van der Waals surface area contributed by atoms with E-state index in [-0.39, 0.29) is 5.56 Å². The first-order valence-corrected chi connectivity index (χ1v) is 5.50. The second-order valence-corrected chi connectivity index (χ2v) is 4.50. The predicted molar refractivity (Wildman–Crippen MR) is 61.1 cm³/mol. The zero-order valence-corrected chi connectivity index (χ0v) is 11.1. The third-order valence-corrected chi connectivity index (χ3v) is 4.23. The molecule has 0 amide bonds. The van der Waals surface area contributed by atoms with E-state index in [2.05, 4.69) is 9.72 Å². The smallest absolute Gasteiger partial charge is 0.386 e. The lowest BCUT2D eigenvalue weighted by molar-refractivity contribution is -0.276. The van der Waals surface area contributed by atoms with Crippen LogP contribution in [0.15, 0.2) is 6.20 Å². The molecule has 0 N–H and O–H groups in total. The van der Waals surface area contributed by atoms with Crippen LogP contribution in [0.5, 0.6) is 5.88 Å². The monoisotopic (exact) mass is 440 g/mol. The van der Waals surface area contributed by atoms with Gasteiger partial charge in [0.05, 0.1) is 3.57 Å². The Balaban J connectivity index is 3.21. The van der Waals surface area contributed by atoms with Gasteiger partial charge in [0, 0.05) is 9.77 Å². The van der Waals surface area contributed by atoms with E-state index in [4.69, 9.17) is 5.26 Å². The van der Waals surface area contributed by atoms with Crippen molar-refractivity contribution in [3.63, 3.8) is 0 Å². The largest absolute Gasteiger partial charge is 0.574 e. The summed E-state index contributed by atoms with van der Waals surface area (Å²) in [5.41, 5.74) is -0.208. The lowest BCUT2D eigenvalue weighted by Gasteiger charge is -2.10. The molecule has 0 saturated carbocycles. The van der Waals surface area contributed by atoms with Crippen molar-refractivity contribution in [1.82, 2.24) is 4.98 Å². The number of hydrogen-bond acceptors (Lipinski definition) is 3. The average molecular weight is 440 g/mol. The molecule has 0 saturated heterocycles. The van der Waals surface area contributed by atoms with Crippen LogP contribution in [-0.4, -0.2) is 11.3 Å². The maximum Gasteiger partial charge on any atom is 0.574 e. The highest BCUT2D eigenvalue weighted by Gasteiger charge is 2.33. The number of alkyl halides is 3. The molecule has 1 heterocycles. The zero-order chi connectivity index (χ0) is 11.6. The fourth-order valence-corrected chi connectivity index (χ4v) is 1.63. The van der Waals surface area contributed by atoms with Gasteiger partial charge in [0.15, 0.2) is 0 Å². The van der Waals surface area contributed by atoms with Crippen LogP contribution in [0, 0.1) is 18.5 Å². The van der Waals surface area contributed by atoms with Gasteiger partial charge in [-0.05, 0) is 45.2 Å². The third-order valence-electron chi connectivity index (χ3n) is 1.26. The van der Waals surface area contributed by atoms with E-state index in [0.717, 1.165) is 0 Å². The summed E-state index contributed by atoms with van der Waals surface area (Å²) in [6.07, 6.45) is -3.63. The lowest BCUT2D eigenvalue weighted by atomic mass is 10.3. The van der Waals surface area contributed by atoms with E-state index < -0.39 is 12.2 Å². The zero-order valence-electron chi connectivity index (χ0n) is 6.77. The van der Waals surface area contributed by atoms with Gasteiger partial charge in [-0.3, -0.25) is 0 Å². The van der Waals surface area contributed by atoms with Crippen molar-refractivity contribution in [2.24, 2.45) is 0 Å². The number of ether oxygens (including phenoxy) is 1. The van der Waals surface area contributed by atoms with Crippen molar-refractivity contribution < 1.29 is 17.9 Å². The number of halogens is 5. The van der Waals surface area contributed by atoms with Gasteiger partial charge in [-0.25, -0.2) is 4.98 Å². The minimum atomic E-state index is -4.84. The van der Waals surface area contributed by atoms with Crippen molar-refractivity contribution in [3.05, 3.63) is 18.9 Å². The molecule has 1 aromatic heterocycles. The van der Waals surface area contributed by atoms with E-state index in [9.17, 15) is 13.2 Å². The summed E-state index contributed by atoms with van der Waals surface area (Å²) in [5.74, 6) is -0.713. The average Bonchev–Trinajstić information content (AvgIpc) is 2.10. The van der Waals surface area contributed by atoms with Crippen molar-refractivity contribution in [3.8, 4) is 11.9 Å². The minimum Gasteiger partial charge on any atom is -0.386 e. The maximum atomic E-state index is 11.9. The van der Waals surface area contributed by atoms with E-state index in [1.54, 1.807) is 28.7 Å². The molecule has 80 valence electrons. The number of nitriles is 1. The minimum absolute atomic E-state index is 0.208. The van der Waals surface area contributed by atoms with Gasteiger partial charge in [0.2, 0.25) is 5.88 Å². The highest BCUT2D eigenvalue weighted by molar-refractivity contribution is 14.1. The Bertz CT molecular complexity index is 427. The molecule has 0 fully saturated rings. The molecule has 0 aliphatic carbocycles. The van der Waals surface area contributed by atoms with Crippen LogP contribution in [0.25, 0.3) is 0 Å². The van der Waals surface area contributed by atoms with Gasteiger partial charge in [-0.15, -0.1) is 13.2 Å². The number of nitrogens with zero attached hydrogens (tertiary/aromatic N) is 2. The van der Waals surface area contributed by atoms with E-state index >= 15 is 0 Å². The number of pyridine rings is 1. The molecule has 0 radical (unpaired) electrons. The number of aromatic nitrogens is 1. The van der Waals surface area contributed by atoms with Crippen LogP contribution in [0.2, 0.25) is 0 Å². The molecule has 0 bridgehead atoms. The molecule has 0 spiro atoms. The Hall–Kier alpha value is -0.310. The molecule has 0 aliphatic heterocycles. The van der Waals surface area contributed by atoms with Crippen LogP contribution in [0.1, 0.15) is 5.56 Å². The first kappa shape index (κ1) is 12.8. The molecular weight excluding hydrogens is 439 g/mol. The molecule has 0 aliphatic rings. The molecule has 8 heteroatoms. The highest BCUT2D eigenvalue weighted by atomic mass is 127. The van der Waals surface area contributed by atoms with E-state index in [0.29, 0.717) is 7.14 Å². The van der Waals surface area contributed by atoms with Crippen LogP contribution >= 0.6 is 45.2 Å².